The molecule has 2 aliphatic rings. The Morgan fingerprint density at radius 1 is 1.33 bits per heavy atom. The van der Waals surface area contributed by atoms with Crippen molar-refractivity contribution in [1.82, 2.24) is 15.0 Å². The maximum Gasteiger partial charge on any atom is 0.229 e. The first-order valence-electron chi connectivity index (χ1n) is 7.03. The van der Waals surface area contributed by atoms with E-state index in [4.69, 9.17) is 10.3 Å². The molecular weight excluding hydrogens is 228 g/mol. The van der Waals surface area contributed by atoms with Gasteiger partial charge in [-0.15, -0.1) is 0 Å². The largest absolute Gasteiger partial charge is 0.339 e. The zero-order valence-electron chi connectivity index (χ0n) is 11.0. The summed E-state index contributed by atoms with van der Waals surface area (Å²) in [5.74, 6) is 2.91. The highest BCUT2D eigenvalue weighted by Gasteiger charge is 2.30. The number of nitrogens with zero attached hydrogens (tertiary/aromatic N) is 3. The Labute approximate surface area is 108 Å². The lowest BCUT2D eigenvalue weighted by Gasteiger charge is -2.32. The maximum absolute atomic E-state index is 5.95. The third-order valence-corrected chi connectivity index (χ3v) is 4.15. The van der Waals surface area contributed by atoms with Gasteiger partial charge in [-0.2, -0.15) is 4.98 Å². The topological polar surface area (TPSA) is 68.2 Å². The summed E-state index contributed by atoms with van der Waals surface area (Å²) in [6.07, 6.45) is 4.79. The van der Waals surface area contributed by atoms with Crippen LogP contribution in [0.15, 0.2) is 4.52 Å². The number of rotatable bonds is 4. The molecule has 1 aromatic heterocycles. The normalized spacial score (nSPS) is 24.3. The second-order valence-electron chi connectivity index (χ2n) is 5.80. The molecule has 1 saturated carbocycles. The van der Waals surface area contributed by atoms with Crippen LogP contribution in [0.3, 0.4) is 0 Å². The van der Waals surface area contributed by atoms with Crippen molar-refractivity contribution in [2.75, 3.05) is 13.1 Å². The van der Waals surface area contributed by atoms with Crippen molar-refractivity contribution >= 4 is 0 Å². The Kier molecular flexibility index (Phi) is 3.35. The lowest BCUT2D eigenvalue weighted by molar-refractivity contribution is 0.161. The summed E-state index contributed by atoms with van der Waals surface area (Å²) < 4.78 is 5.28. The van der Waals surface area contributed by atoms with E-state index in [0.717, 1.165) is 31.3 Å². The molecule has 0 amide bonds. The van der Waals surface area contributed by atoms with Gasteiger partial charge in [0, 0.05) is 12.0 Å². The zero-order chi connectivity index (χ0) is 12.5. The van der Waals surface area contributed by atoms with E-state index in [9.17, 15) is 0 Å². The van der Waals surface area contributed by atoms with Crippen LogP contribution in [0, 0.1) is 5.92 Å². The molecule has 0 bridgehead atoms. The lowest BCUT2D eigenvalue weighted by atomic mass is 9.91. The van der Waals surface area contributed by atoms with Gasteiger partial charge >= 0.3 is 0 Å². The number of hydrogen-bond donors (Lipinski definition) is 1. The Morgan fingerprint density at radius 2 is 2.06 bits per heavy atom. The lowest BCUT2D eigenvalue weighted by Crippen LogP contribution is -2.39. The average molecular weight is 250 g/mol. The van der Waals surface area contributed by atoms with Crippen LogP contribution in [0.25, 0.3) is 0 Å². The molecule has 5 nitrogen and oxygen atoms in total. The average Bonchev–Trinajstić information content (AvgIpc) is 3.11. The Balaban J connectivity index is 1.50. The summed E-state index contributed by atoms with van der Waals surface area (Å²) in [6, 6.07) is 0.318. The molecule has 2 heterocycles. The van der Waals surface area contributed by atoms with Gasteiger partial charge < -0.3 is 10.3 Å². The standard InChI is InChI=1S/C13H22N4O/c1-9(14)10-4-6-17(7-5-10)8-12-15-13(18-16-12)11-2-3-11/h9-11H,2-8,14H2,1H3. The van der Waals surface area contributed by atoms with Crippen LogP contribution in [0.5, 0.6) is 0 Å². The number of nitrogens with two attached hydrogens (primary N) is 1. The zero-order valence-corrected chi connectivity index (χ0v) is 11.0. The summed E-state index contributed by atoms with van der Waals surface area (Å²) in [6.45, 7) is 5.13. The van der Waals surface area contributed by atoms with Crippen molar-refractivity contribution in [3.8, 4) is 0 Å². The molecule has 1 aliphatic heterocycles. The molecule has 2 fully saturated rings. The van der Waals surface area contributed by atoms with Crippen molar-refractivity contribution in [2.24, 2.45) is 11.7 Å². The molecule has 3 rings (SSSR count). The highest BCUT2D eigenvalue weighted by molar-refractivity contribution is 5.01. The molecule has 0 spiro atoms. The van der Waals surface area contributed by atoms with Gasteiger partial charge in [0.2, 0.25) is 5.89 Å². The van der Waals surface area contributed by atoms with E-state index in [1.54, 1.807) is 0 Å². The first kappa shape index (κ1) is 12.1. The smallest absolute Gasteiger partial charge is 0.229 e. The van der Waals surface area contributed by atoms with Gasteiger partial charge in [-0.05, 0) is 51.6 Å². The first-order chi connectivity index (χ1) is 8.72. The van der Waals surface area contributed by atoms with Crippen LogP contribution in [0.4, 0.5) is 0 Å². The highest BCUT2D eigenvalue weighted by Crippen LogP contribution is 2.38. The number of likely N-dealkylation sites (tertiary alicyclic amines) is 1. The number of hydrogen-bond acceptors (Lipinski definition) is 5. The van der Waals surface area contributed by atoms with E-state index >= 15 is 0 Å². The van der Waals surface area contributed by atoms with Gasteiger partial charge in [0.15, 0.2) is 5.82 Å². The molecule has 100 valence electrons. The predicted octanol–water partition coefficient (Wildman–Crippen LogP) is 1.51. The van der Waals surface area contributed by atoms with E-state index in [2.05, 4.69) is 22.0 Å². The Hall–Kier alpha value is -0.940. The minimum atomic E-state index is 0.318. The van der Waals surface area contributed by atoms with Crippen LogP contribution >= 0.6 is 0 Å². The fraction of sp³-hybridized carbons (Fsp3) is 0.846. The highest BCUT2D eigenvalue weighted by atomic mass is 16.5. The van der Waals surface area contributed by atoms with Gasteiger partial charge in [-0.1, -0.05) is 5.16 Å². The quantitative estimate of drug-likeness (QED) is 0.877. The van der Waals surface area contributed by atoms with E-state index in [1.807, 2.05) is 0 Å². The first-order valence-corrected chi connectivity index (χ1v) is 7.03. The van der Waals surface area contributed by atoms with Crippen LogP contribution in [-0.4, -0.2) is 34.2 Å². The van der Waals surface area contributed by atoms with Gasteiger partial charge in [0.1, 0.15) is 0 Å². The van der Waals surface area contributed by atoms with Crippen molar-refractivity contribution in [2.45, 2.75) is 51.1 Å². The predicted molar refractivity (Wildman–Crippen MR) is 67.9 cm³/mol. The molecular formula is C13H22N4O. The molecule has 18 heavy (non-hydrogen) atoms. The molecule has 1 saturated heterocycles. The Morgan fingerprint density at radius 3 is 2.67 bits per heavy atom. The minimum absolute atomic E-state index is 0.318. The van der Waals surface area contributed by atoms with Gasteiger partial charge in [0.05, 0.1) is 6.54 Å². The Bertz CT molecular complexity index is 391. The van der Waals surface area contributed by atoms with Crippen LogP contribution in [-0.2, 0) is 6.54 Å². The SMILES string of the molecule is CC(N)C1CCN(Cc2noc(C3CC3)n2)CC1. The summed E-state index contributed by atoms with van der Waals surface area (Å²) in [4.78, 5) is 6.88. The molecule has 1 aliphatic carbocycles. The van der Waals surface area contributed by atoms with E-state index in [1.165, 1.54) is 25.7 Å². The van der Waals surface area contributed by atoms with Crippen molar-refractivity contribution in [3.05, 3.63) is 11.7 Å². The van der Waals surface area contributed by atoms with Crippen LogP contribution in [0.2, 0.25) is 0 Å². The number of aromatic nitrogens is 2. The molecule has 5 heteroatoms. The van der Waals surface area contributed by atoms with Gasteiger partial charge in [0.25, 0.3) is 0 Å². The van der Waals surface area contributed by atoms with E-state index < -0.39 is 0 Å². The fourth-order valence-electron chi connectivity index (χ4n) is 2.66. The second-order valence-corrected chi connectivity index (χ2v) is 5.80. The van der Waals surface area contributed by atoms with Crippen molar-refractivity contribution in [1.29, 1.82) is 0 Å². The van der Waals surface area contributed by atoms with Gasteiger partial charge in [-0.25, -0.2) is 0 Å². The van der Waals surface area contributed by atoms with Gasteiger partial charge in [-0.3, -0.25) is 4.90 Å². The third kappa shape index (κ3) is 2.72. The second kappa shape index (κ2) is 4.97. The number of piperidine rings is 1. The third-order valence-electron chi connectivity index (χ3n) is 4.15. The molecule has 2 N–H and O–H groups in total. The minimum Gasteiger partial charge on any atom is -0.339 e. The summed E-state index contributed by atoms with van der Waals surface area (Å²) >= 11 is 0. The summed E-state index contributed by atoms with van der Waals surface area (Å²) in [7, 11) is 0. The van der Waals surface area contributed by atoms with Crippen LogP contribution < -0.4 is 5.73 Å². The molecule has 1 unspecified atom stereocenters. The van der Waals surface area contributed by atoms with Crippen molar-refractivity contribution < 1.29 is 4.52 Å². The molecule has 0 aromatic carbocycles. The fourth-order valence-corrected chi connectivity index (χ4v) is 2.66. The van der Waals surface area contributed by atoms with E-state index in [-0.39, 0.29) is 0 Å². The molecule has 1 atom stereocenters. The molecule has 1 aromatic rings. The van der Waals surface area contributed by atoms with E-state index in [0.29, 0.717) is 17.9 Å². The molecule has 0 radical (unpaired) electrons. The maximum atomic E-state index is 5.95. The monoisotopic (exact) mass is 250 g/mol. The summed E-state index contributed by atoms with van der Waals surface area (Å²) in [5.41, 5.74) is 5.95. The van der Waals surface area contributed by atoms with Crippen LogP contribution in [0.1, 0.15) is 50.2 Å². The summed E-state index contributed by atoms with van der Waals surface area (Å²) in [5, 5.41) is 4.07. The van der Waals surface area contributed by atoms with Crippen molar-refractivity contribution in [3.63, 3.8) is 0 Å².